The second-order valence-electron chi connectivity index (χ2n) is 7.32. The van der Waals surface area contributed by atoms with Gasteiger partial charge in [0.2, 0.25) is 15.9 Å². The van der Waals surface area contributed by atoms with Crippen LogP contribution in [0, 0.1) is 5.92 Å². The van der Waals surface area contributed by atoms with Gasteiger partial charge < -0.3 is 5.32 Å². The van der Waals surface area contributed by atoms with Gasteiger partial charge in [0.05, 0.1) is 11.7 Å². The molecule has 1 N–H and O–H groups in total. The Morgan fingerprint density at radius 1 is 1.07 bits per heavy atom. The molecule has 0 bridgehead atoms. The zero-order chi connectivity index (χ0) is 21.7. The van der Waals surface area contributed by atoms with Crippen molar-refractivity contribution in [1.82, 2.24) is 9.62 Å². The van der Waals surface area contributed by atoms with Gasteiger partial charge in [-0.15, -0.1) is 0 Å². The van der Waals surface area contributed by atoms with Crippen LogP contribution >= 0.6 is 34.8 Å². The highest BCUT2D eigenvalue weighted by Crippen LogP contribution is 2.29. The SMILES string of the molecule is O=C(NCCc1ccc(Cl)cc1)[C@@H]1CCCN(S(=O)(=O)Cc2c(Cl)cccc2Cl)C1. The zero-order valence-corrected chi connectivity index (χ0v) is 19.4. The predicted octanol–water partition coefficient (Wildman–Crippen LogP) is 4.55. The molecule has 2 aromatic carbocycles. The lowest BCUT2D eigenvalue weighted by molar-refractivity contribution is -0.126. The molecule has 162 valence electrons. The molecule has 1 fully saturated rings. The number of hydrogen-bond donors (Lipinski definition) is 1. The lowest BCUT2D eigenvalue weighted by Gasteiger charge is -2.31. The van der Waals surface area contributed by atoms with Crippen LogP contribution in [0.25, 0.3) is 0 Å². The van der Waals surface area contributed by atoms with Crippen molar-refractivity contribution in [1.29, 1.82) is 0 Å². The quantitative estimate of drug-likeness (QED) is 0.620. The Morgan fingerprint density at radius 3 is 2.40 bits per heavy atom. The Labute approximate surface area is 192 Å². The molecule has 0 spiro atoms. The fourth-order valence-electron chi connectivity index (χ4n) is 3.48. The largest absolute Gasteiger partial charge is 0.355 e. The third kappa shape index (κ3) is 6.11. The first-order chi connectivity index (χ1) is 14.3. The van der Waals surface area contributed by atoms with Crippen molar-refractivity contribution in [2.75, 3.05) is 19.6 Å². The normalized spacial score (nSPS) is 17.6. The van der Waals surface area contributed by atoms with Gasteiger partial charge in [-0.2, -0.15) is 0 Å². The highest BCUT2D eigenvalue weighted by Gasteiger charge is 2.33. The highest BCUT2D eigenvalue weighted by atomic mass is 35.5. The molecule has 0 aromatic heterocycles. The smallest absolute Gasteiger partial charge is 0.224 e. The van der Waals surface area contributed by atoms with E-state index in [1.54, 1.807) is 18.2 Å². The molecule has 30 heavy (non-hydrogen) atoms. The van der Waals surface area contributed by atoms with E-state index in [1.165, 1.54) is 4.31 Å². The van der Waals surface area contributed by atoms with Crippen molar-refractivity contribution >= 4 is 50.7 Å². The fraction of sp³-hybridized carbons (Fsp3) is 0.381. The van der Waals surface area contributed by atoms with Crippen molar-refractivity contribution in [3.63, 3.8) is 0 Å². The lowest BCUT2D eigenvalue weighted by Crippen LogP contribution is -2.46. The number of benzene rings is 2. The number of carbonyl (C=O) groups excluding carboxylic acids is 1. The number of nitrogens with one attached hydrogen (secondary N) is 1. The summed E-state index contributed by atoms with van der Waals surface area (Å²) in [5.41, 5.74) is 1.46. The number of carbonyl (C=O) groups is 1. The summed E-state index contributed by atoms with van der Waals surface area (Å²) in [6, 6.07) is 12.4. The van der Waals surface area contributed by atoms with Gasteiger partial charge in [-0.1, -0.05) is 53.0 Å². The Morgan fingerprint density at radius 2 is 1.73 bits per heavy atom. The first-order valence-electron chi connectivity index (χ1n) is 9.69. The molecular weight excluding hydrogens is 467 g/mol. The first kappa shape index (κ1) is 23.4. The van der Waals surface area contributed by atoms with Gasteiger partial charge in [0, 0.05) is 40.3 Å². The van der Waals surface area contributed by atoms with Crippen LogP contribution in [0.4, 0.5) is 0 Å². The molecule has 0 unspecified atom stereocenters. The van der Waals surface area contributed by atoms with Crippen molar-refractivity contribution in [2.45, 2.75) is 25.0 Å². The van der Waals surface area contributed by atoms with Gasteiger partial charge in [-0.3, -0.25) is 4.79 Å². The van der Waals surface area contributed by atoms with E-state index in [0.717, 1.165) is 5.56 Å². The van der Waals surface area contributed by atoms with E-state index < -0.39 is 10.0 Å². The van der Waals surface area contributed by atoms with E-state index in [4.69, 9.17) is 34.8 Å². The maximum atomic E-state index is 12.9. The molecule has 1 aliphatic rings. The third-order valence-electron chi connectivity index (χ3n) is 5.16. The lowest BCUT2D eigenvalue weighted by atomic mass is 9.99. The highest BCUT2D eigenvalue weighted by molar-refractivity contribution is 7.88. The standard InChI is InChI=1S/C21H23Cl3N2O3S/c22-17-8-6-15(7-9-17)10-11-25-21(27)16-3-2-12-26(13-16)30(28,29)14-18-19(23)4-1-5-20(18)24/h1,4-9,16H,2-3,10-14H2,(H,25,27)/t16-/m1/s1. The minimum absolute atomic E-state index is 0.125. The van der Waals surface area contributed by atoms with Crippen molar-refractivity contribution in [2.24, 2.45) is 5.92 Å². The zero-order valence-electron chi connectivity index (χ0n) is 16.3. The van der Waals surface area contributed by atoms with Gasteiger partial charge in [-0.05, 0) is 49.1 Å². The van der Waals surface area contributed by atoms with Gasteiger partial charge in [0.15, 0.2) is 0 Å². The van der Waals surface area contributed by atoms with Gasteiger partial charge in [0.1, 0.15) is 0 Å². The molecule has 1 aliphatic heterocycles. The average Bonchev–Trinajstić information content (AvgIpc) is 2.72. The molecule has 2 aromatic rings. The molecule has 1 atom stereocenters. The minimum atomic E-state index is -3.64. The maximum Gasteiger partial charge on any atom is 0.224 e. The summed E-state index contributed by atoms with van der Waals surface area (Å²) in [7, 11) is -3.64. The van der Waals surface area contributed by atoms with Crippen LogP contribution in [0.5, 0.6) is 0 Å². The summed E-state index contributed by atoms with van der Waals surface area (Å²) in [5, 5.41) is 4.23. The molecule has 1 heterocycles. The molecule has 0 saturated carbocycles. The second kappa shape index (κ2) is 10.3. The molecule has 0 radical (unpaired) electrons. The molecule has 5 nitrogen and oxygen atoms in total. The predicted molar refractivity (Wildman–Crippen MR) is 122 cm³/mol. The molecular formula is C21H23Cl3N2O3S. The number of piperidine rings is 1. The van der Waals surface area contributed by atoms with Gasteiger partial charge >= 0.3 is 0 Å². The van der Waals surface area contributed by atoms with Gasteiger partial charge in [0.25, 0.3) is 0 Å². The molecule has 1 saturated heterocycles. The summed E-state index contributed by atoms with van der Waals surface area (Å²) < 4.78 is 27.2. The fourth-order valence-corrected chi connectivity index (χ4v) is 5.97. The number of hydrogen-bond acceptors (Lipinski definition) is 3. The van der Waals surface area contributed by atoms with Crippen molar-refractivity contribution < 1.29 is 13.2 Å². The molecule has 9 heteroatoms. The van der Waals surface area contributed by atoms with Crippen LogP contribution in [0.3, 0.4) is 0 Å². The summed E-state index contributed by atoms with van der Waals surface area (Å²) in [6.07, 6.45) is 1.97. The molecule has 0 aliphatic carbocycles. The summed E-state index contributed by atoms with van der Waals surface area (Å²) in [4.78, 5) is 12.6. The van der Waals surface area contributed by atoms with E-state index >= 15 is 0 Å². The van der Waals surface area contributed by atoms with Crippen molar-refractivity contribution in [3.05, 3.63) is 68.7 Å². The van der Waals surface area contributed by atoms with Crippen LogP contribution < -0.4 is 5.32 Å². The summed E-state index contributed by atoms with van der Waals surface area (Å²) in [6.45, 7) is 1.04. The van der Waals surface area contributed by atoms with E-state index in [2.05, 4.69) is 5.32 Å². The van der Waals surface area contributed by atoms with Crippen LogP contribution in [0.1, 0.15) is 24.0 Å². The van der Waals surface area contributed by atoms with E-state index in [1.807, 2.05) is 24.3 Å². The number of nitrogens with zero attached hydrogens (tertiary/aromatic N) is 1. The minimum Gasteiger partial charge on any atom is -0.355 e. The van der Waals surface area contributed by atoms with Crippen molar-refractivity contribution in [3.8, 4) is 0 Å². The summed E-state index contributed by atoms with van der Waals surface area (Å²) >= 11 is 18.1. The van der Waals surface area contributed by atoms with Crippen LogP contribution in [-0.4, -0.2) is 38.3 Å². The Kier molecular flexibility index (Phi) is 8.04. The molecule has 1 amide bonds. The number of halogens is 3. The van der Waals surface area contributed by atoms with E-state index in [0.29, 0.717) is 53.0 Å². The Balaban J connectivity index is 1.57. The topological polar surface area (TPSA) is 66.5 Å². The van der Waals surface area contributed by atoms with Crippen LogP contribution in [0.2, 0.25) is 15.1 Å². The van der Waals surface area contributed by atoms with Crippen LogP contribution in [0.15, 0.2) is 42.5 Å². The number of sulfonamides is 1. The van der Waals surface area contributed by atoms with Crippen LogP contribution in [-0.2, 0) is 27.0 Å². The number of amides is 1. The average molecular weight is 490 g/mol. The molecule has 3 rings (SSSR count). The maximum absolute atomic E-state index is 12.9. The number of rotatable bonds is 7. The second-order valence-corrected chi connectivity index (χ2v) is 10.5. The van der Waals surface area contributed by atoms with Gasteiger partial charge in [-0.25, -0.2) is 12.7 Å². The van der Waals surface area contributed by atoms with E-state index in [9.17, 15) is 13.2 Å². The Hall–Kier alpha value is -1.31. The first-order valence-corrected chi connectivity index (χ1v) is 12.4. The third-order valence-corrected chi connectivity index (χ3v) is 7.89. The van der Waals surface area contributed by atoms with E-state index in [-0.39, 0.29) is 24.1 Å². The monoisotopic (exact) mass is 488 g/mol. The summed E-state index contributed by atoms with van der Waals surface area (Å²) in [5.74, 6) is -0.781. The Bertz CT molecular complexity index is 977.